The number of furan rings is 1. The van der Waals surface area contributed by atoms with Crippen LogP contribution in [0.3, 0.4) is 0 Å². The highest BCUT2D eigenvalue weighted by molar-refractivity contribution is 6.34. The SMILES string of the molecule is Cc1occc1CN(C)C(CN)c1cc(Cl)cc(Cl)c1. The molecule has 0 bridgehead atoms. The van der Waals surface area contributed by atoms with E-state index in [9.17, 15) is 0 Å². The predicted molar refractivity (Wildman–Crippen MR) is 83.2 cm³/mol. The highest BCUT2D eigenvalue weighted by Crippen LogP contribution is 2.27. The molecule has 20 heavy (non-hydrogen) atoms. The Kier molecular flexibility index (Phi) is 5.11. The summed E-state index contributed by atoms with van der Waals surface area (Å²) in [6.07, 6.45) is 1.70. The molecule has 0 radical (unpaired) electrons. The van der Waals surface area contributed by atoms with E-state index < -0.39 is 0 Å². The summed E-state index contributed by atoms with van der Waals surface area (Å²) in [5, 5.41) is 1.25. The van der Waals surface area contributed by atoms with Gasteiger partial charge in [-0.3, -0.25) is 4.90 Å². The van der Waals surface area contributed by atoms with Crippen molar-refractivity contribution in [2.45, 2.75) is 19.5 Å². The van der Waals surface area contributed by atoms with Crippen LogP contribution in [0.1, 0.15) is 22.9 Å². The molecule has 1 heterocycles. The van der Waals surface area contributed by atoms with E-state index in [0.29, 0.717) is 16.6 Å². The lowest BCUT2D eigenvalue weighted by Crippen LogP contribution is -2.30. The third kappa shape index (κ3) is 3.55. The fourth-order valence-electron chi connectivity index (χ4n) is 2.29. The molecule has 0 aliphatic rings. The Morgan fingerprint density at radius 2 is 1.90 bits per heavy atom. The summed E-state index contributed by atoms with van der Waals surface area (Å²) in [4.78, 5) is 2.17. The van der Waals surface area contributed by atoms with Crippen LogP contribution in [0.2, 0.25) is 10.0 Å². The number of halogens is 2. The minimum absolute atomic E-state index is 0.0560. The minimum Gasteiger partial charge on any atom is -0.469 e. The zero-order valence-electron chi connectivity index (χ0n) is 11.6. The van der Waals surface area contributed by atoms with Crippen LogP contribution in [0.4, 0.5) is 0 Å². The Morgan fingerprint density at radius 3 is 2.40 bits per heavy atom. The van der Waals surface area contributed by atoms with Gasteiger partial charge in [-0.25, -0.2) is 0 Å². The van der Waals surface area contributed by atoms with Crippen LogP contribution in [0, 0.1) is 6.92 Å². The maximum absolute atomic E-state index is 6.07. The second-order valence-corrected chi connectivity index (χ2v) is 5.74. The van der Waals surface area contributed by atoms with E-state index >= 15 is 0 Å². The summed E-state index contributed by atoms with van der Waals surface area (Å²) in [7, 11) is 2.03. The van der Waals surface area contributed by atoms with Crippen molar-refractivity contribution >= 4 is 23.2 Å². The monoisotopic (exact) mass is 312 g/mol. The number of likely N-dealkylation sites (N-methyl/N-ethyl adjacent to an activating group) is 1. The maximum Gasteiger partial charge on any atom is 0.105 e. The lowest BCUT2D eigenvalue weighted by Gasteiger charge is -2.27. The summed E-state index contributed by atoms with van der Waals surface area (Å²) < 4.78 is 5.32. The van der Waals surface area contributed by atoms with Gasteiger partial charge in [-0.05, 0) is 43.8 Å². The maximum atomic E-state index is 6.07. The Morgan fingerprint density at radius 1 is 1.25 bits per heavy atom. The van der Waals surface area contributed by atoms with Gasteiger partial charge in [0.15, 0.2) is 0 Å². The Bertz CT molecular complexity index is 563. The van der Waals surface area contributed by atoms with Crippen LogP contribution in [0.5, 0.6) is 0 Å². The van der Waals surface area contributed by atoms with Gasteiger partial charge in [-0.15, -0.1) is 0 Å². The van der Waals surface area contributed by atoms with E-state index in [-0.39, 0.29) is 6.04 Å². The highest BCUT2D eigenvalue weighted by atomic mass is 35.5. The molecule has 3 nitrogen and oxygen atoms in total. The van der Waals surface area contributed by atoms with Crippen LogP contribution in [-0.2, 0) is 6.54 Å². The quantitative estimate of drug-likeness (QED) is 0.906. The second kappa shape index (κ2) is 6.64. The summed E-state index contributed by atoms with van der Waals surface area (Å²) in [6, 6.07) is 7.57. The van der Waals surface area contributed by atoms with E-state index in [1.807, 2.05) is 32.2 Å². The molecule has 108 valence electrons. The molecule has 1 aromatic heterocycles. The number of nitrogens with two attached hydrogens (primary N) is 1. The Hall–Kier alpha value is -1.000. The molecule has 0 saturated heterocycles. The summed E-state index contributed by atoms with van der Waals surface area (Å²) >= 11 is 12.1. The van der Waals surface area contributed by atoms with Crippen molar-refractivity contribution in [3.05, 3.63) is 57.5 Å². The van der Waals surface area contributed by atoms with Gasteiger partial charge in [0.05, 0.1) is 6.26 Å². The zero-order chi connectivity index (χ0) is 14.7. The summed E-state index contributed by atoms with van der Waals surface area (Å²) in [5.74, 6) is 0.928. The number of aryl methyl sites for hydroxylation is 1. The number of hydrogen-bond donors (Lipinski definition) is 1. The first-order valence-electron chi connectivity index (χ1n) is 6.40. The van der Waals surface area contributed by atoms with Gasteiger partial charge in [-0.2, -0.15) is 0 Å². The van der Waals surface area contributed by atoms with Gasteiger partial charge in [0, 0.05) is 34.7 Å². The summed E-state index contributed by atoms with van der Waals surface area (Å²) in [5.41, 5.74) is 8.10. The predicted octanol–water partition coefficient (Wildman–Crippen LogP) is 4.03. The first-order chi connectivity index (χ1) is 9.51. The van der Waals surface area contributed by atoms with Crippen molar-refractivity contribution in [2.24, 2.45) is 5.73 Å². The number of nitrogens with zero attached hydrogens (tertiary/aromatic N) is 1. The fraction of sp³-hybridized carbons (Fsp3) is 0.333. The molecular weight excluding hydrogens is 295 g/mol. The zero-order valence-corrected chi connectivity index (χ0v) is 13.1. The van der Waals surface area contributed by atoms with Crippen molar-refractivity contribution in [3.8, 4) is 0 Å². The second-order valence-electron chi connectivity index (χ2n) is 4.87. The Balaban J connectivity index is 2.20. The molecular formula is C15H18Cl2N2O. The first kappa shape index (κ1) is 15.4. The van der Waals surface area contributed by atoms with Crippen molar-refractivity contribution in [1.29, 1.82) is 0 Å². The molecule has 0 spiro atoms. The van der Waals surface area contributed by atoms with Crippen LogP contribution in [-0.4, -0.2) is 18.5 Å². The normalized spacial score (nSPS) is 12.9. The molecule has 1 aromatic carbocycles. The van der Waals surface area contributed by atoms with Crippen LogP contribution in [0.25, 0.3) is 0 Å². The average molecular weight is 313 g/mol. The van der Waals surface area contributed by atoms with E-state index in [0.717, 1.165) is 23.4 Å². The molecule has 2 N–H and O–H groups in total. The lowest BCUT2D eigenvalue weighted by molar-refractivity contribution is 0.240. The fourth-order valence-corrected chi connectivity index (χ4v) is 2.84. The highest BCUT2D eigenvalue weighted by Gasteiger charge is 2.18. The molecule has 0 amide bonds. The summed E-state index contributed by atoms with van der Waals surface area (Å²) in [6.45, 7) is 3.20. The van der Waals surface area contributed by atoms with Gasteiger partial charge >= 0.3 is 0 Å². The van der Waals surface area contributed by atoms with Crippen LogP contribution < -0.4 is 5.73 Å². The van der Waals surface area contributed by atoms with E-state index in [1.165, 1.54) is 0 Å². The molecule has 0 aliphatic heterocycles. The topological polar surface area (TPSA) is 42.4 Å². The Labute approximate surface area is 129 Å². The van der Waals surface area contributed by atoms with Gasteiger partial charge in [0.25, 0.3) is 0 Å². The lowest BCUT2D eigenvalue weighted by atomic mass is 10.1. The van der Waals surface area contributed by atoms with Gasteiger partial charge in [-0.1, -0.05) is 23.2 Å². The smallest absolute Gasteiger partial charge is 0.105 e. The minimum atomic E-state index is 0.0560. The van der Waals surface area contributed by atoms with Crippen LogP contribution in [0.15, 0.2) is 34.9 Å². The molecule has 0 aliphatic carbocycles. The number of hydrogen-bond acceptors (Lipinski definition) is 3. The van der Waals surface area contributed by atoms with Crippen molar-refractivity contribution < 1.29 is 4.42 Å². The first-order valence-corrected chi connectivity index (χ1v) is 7.16. The standard InChI is InChI=1S/C15H18Cl2N2O/c1-10-11(3-4-20-10)9-19(2)15(8-18)12-5-13(16)7-14(17)6-12/h3-7,15H,8-9,18H2,1-2H3. The molecule has 1 unspecified atom stereocenters. The van der Waals surface area contributed by atoms with Crippen molar-refractivity contribution in [3.63, 3.8) is 0 Å². The number of rotatable bonds is 5. The molecule has 2 aromatic rings. The van der Waals surface area contributed by atoms with E-state index in [2.05, 4.69) is 4.90 Å². The third-order valence-corrected chi connectivity index (χ3v) is 3.85. The molecule has 0 fully saturated rings. The van der Waals surface area contributed by atoms with Crippen molar-refractivity contribution in [1.82, 2.24) is 4.90 Å². The van der Waals surface area contributed by atoms with Gasteiger partial charge in [0.2, 0.25) is 0 Å². The molecule has 1 atom stereocenters. The molecule has 0 saturated carbocycles. The van der Waals surface area contributed by atoms with Gasteiger partial charge < -0.3 is 10.2 Å². The van der Waals surface area contributed by atoms with Crippen LogP contribution >= 0.6 is 23.2 Å². The van der Waals surface area contributed by atoms with Gasteiger partial charge in [0.1, 0.15) is 5.76 Å². The molecule has 2 rings (SSSR count). The average Bonchev–Trinajstić information content (AvgIpc) is 2.74. The largest absolute Gasteiger partial charge is 0.469 e. The third-order valence-electron chi connectivity index (χ3n) is 3.41. The van der Waals surface area contributed by atoms with E-state index in [4.69, 9.17) is 33.4 Å². The van der Waals surface area contributed by atoms with E-state index in [1.54, 1.807) is 12.3 Å². The van der Waals surface area contributed by atoms with Crippen molar-refractivity contribution in [2.75, 3.05) is 13.6 Å². The number of benzene rings is 1. The molecule has 5 heteroatoms.